The van der Waals surface area contributed by atoms with Gasteiger partial charge in [-0.25, -0.2) is 0 Å². The summed E-state index contributed by atoms with van der Waals surface area (Å²) in [5.74, 6) is 0. The van der Waals surface area contributed by atoms with Crippen LogP contribution in [-0.2, 0) is 0 Å². The Morgan fingerprint density at radius 1 is 0.800 bits per heavy atom. The van der Waals surface area contributed by atoms with Gasteiger partial charge in [-0.15, -0.1) is 11.3 Å². The number of hydrogen-bond donors (Lipinski definition) is 0. The summed E-state index contributed by atoms with van der Waals surface area (Å²) >= 11 is 1.87. The molecule has 1 aromatic heterocycles. The van der Waals surface area contributed by atoms with E-state index in [1.54, 1.807) is 0 Å². The van der Waals surface area contributed by atoms with Crippen molar-refractivity contribution in [3.8, 4) is 10.4 Å². The molecular weight excluding hydrogens is 200 g/mol. The van der Waals surface area contributed by atoms with Crippen molar-refractivity contribution in [2.75, 3.05) is 0 Å². The van der Waals surface area contributed by atoms with Gasteiger partial charge in [0.15, 0.2) is 0 Å². The Morgan fingerprint density at radius 2 is 1.47 bits per heavy atom. The minimum Gasteiger partial charge on any atom is -0.141 e. The van der Waals surface area contributed by atoms with Gasteiger partial charge in [0.2, 0.25) is 0 Å². The summed E-state index contributed by atoms with van der Waals surface area (Å²) < 4.78 is 0. The zero-order chi connectivity index (χ0) is 11.0. The van der Waals surface area contributed by atoms with Crippen LogP contribution in [-0.4, -0.2) is 0 Å². The van der Waals surface area contributed by atoms with E-state index in [0.29, 0.717) is 0 Å². The van der Waals surface area contributed by atoms with E-state index in [1.165, 1.54) is 32.0 Å². The van der Waals surface area contributed by atoms with Gasteiger partial charge in [0.1, 0.15) is 0 Å². The minimum atomic E-state index is 1.37. The summed E-state index contributed by atoms with van der Waals surface area (Å²) in [6.07, 6.45) is 0. The van der Waals surface area contributed by atoms with E-state index < -0.39 is 0 Å². The topological polar surface area (TPSA) is 0 Å². The molecule has 0 aliphatic carbocycles. The van der Waals surface area contributed by atoms with E-state index in [4.69, 9.17) is 0 Å². The molecule has 0 spiro atoms. The summed E-state index contributed by atoms with van der Waals surface area (Å²) in [5, 5.41) is 0. The molecule has 0 aliphatic heterocycles. The Kier molecular flexibility index (Phi) is 2.66. The highest BCUT2D eigenvalue weighted by Gasteiger charge is 2.06. The third-order valence-electron chi connectivity index (χ3n) is 2.85. The molecule has 0 atom stereocenters. The van der Waals surface area contributed by atoms with Gasteiger partial charge in [-0.1, -0.05) is 12.1 Å². The van der Waals surface area contributed by atoms with Crippen molar-refractivity contribution in [2.45, 2.75) is 27.7 Å². The van der Waals surface area contributed by atoms with Gasteiger partial charge in [0, 0.05) is 9.75 Å². The number of hydrogen-bond acceptors (Lipinski definition) is 1. The first-order chi connectivity index (χ1) is 7.08. The molecule has 15 heavy (non-hydrogen) atoms. The maximum atomic E-state index is 2.30. The fourth-order valence-electron chi connectivity index (χ4n) is 1.81. The molecule has 2 rings (SSSR count). The average molecular weight is 216 g/mol. The third-order valence-corrected chi connectivity index (χ3v) is 3.88. The fraction of sp³-hybridized carbons (Fsp3) is 0.286. The molecular formula is C14H16S. The Morgan fingerprint density at radius 3 is 2.07 bits per heavy atom. The lowest BCUT2D eigenvalue weighted by Crippen LogP contribution is -1.86. The standard InChI is InChI=1S/C14H16S/c1-9-7-11(3)13(8-10(9)2)14-6-5-12(4)15-14/h5-8H,1-4H3. The number of thiophene rings is 1. The van der Waals surface area contributed by atoms with Gasteiger partial charge in [-0.3, -0.25) is 0 Å². The lowest BCUT2D eigenvalue weighted by atomic mass is 10.00. The van der Waals surface area contributed by atoms with E-state index in [9.17, 15) is 0 Å². The molecule has 0 unspecified atom stereocenters. The smallest absolute Gasteiger partial charge is 0.0348 e. The van der Waals surface area contributed by atoms with Crippen molar-refractivity contribution in [1.82, 2.24) is 0 Å². The molecule has 2 aromatic rings. The SMILES string of the molecule is Cc1ccc(-c2cc(C)c(C)cc2C)s1. The van der Waals surface area contributed by atoms with Gasteiger partial charge in [-0.05, 0) is 62.1 Å². The van der Waals surface area contributed by atoms with Crippen LogP contribution >= 0.6 is 11.3 Å². The predicted molar refractivity (Wildman–Crippen MR) is 68.7 cm³/mol. The molecule has 0 aliphatic rings. The molecule has 1 aromatic carbocycles. The number of aryl methyl sites for hydroxylation is 4. The molecule has 0 saturated heterocycles. The van der Waals surface area contributed by atoms with Crippen LogP contribution in [0.25, 0.3) is 10.4 Å². The van der Waals surface area contributed by atoms with Crippen molar-refractivity contribution in [3.63, 3.8) is 0 Å². The number of rotatable bonds is 1. The highest BCUT2D eigenvalue weighted by Crippen LogP contribution is 2.31. The van der Waals surface area contributed by atoms with Crippen LogP contribution in [0.5, 0.6) is 0 Å². The highest BCUT2D eigenvalue weighted by atomic mass is 32.1. The first-order valence-electron chi connectivity index (χ1n) is 5.22. The average Bonchev–Trinajstić information content (AvgIpc) is 2.58. The van der Waals surface area contributed by atoms with Crippen molar-refractivity contribution in [2.24, 2.45) is 0 Å². The molecule has 0 nitrogen and oxygen atoms in total. The molecule has 0 N–H and O–H groups in total. The normalized spacial score (nSPS) is 10.7. The van der Waals surface area contributed by atoms with Crippen molar-refractivity contribution in [1.29, 1.82) is 0 Å². The van der Waals surface area contributed by atoms with E-state index in [-0.39, 0.29) is 0 Å². The van der Waals surface area contributed by atoms with E-state index >= 15 is 0 Å². The Hall–Kier alpha value is -1.08. The summed E-state index contributed by atoms with van der Waals surface area (Å²) in [5.41, 5.74) is 5.52. The van der Waals surface area contributed by atoms with Gasteiger partial charge in [0.25, 0.3) is 0 Å². The zero-order valence-corrected chi connectivity index (χ0v) is 10.5. The van der Waals surface area contributed by atoms with Crippen LogP contribution in [0.1, 0.15) is 21.6 Å². The lowest BCUT2D eigenvalue weighted by Gasteiger charge is -2.07. The van der Waals surface area contributed by atoms with E-state index in [2.05, 4.69) is 52.0 Å². The third kappa shape index (κ3) is 1.98. The fourth-order valence-corrected chi connectivity index (χ4v) is 2.75. The van der Waals surface area contributed by atoms with Crippen molar-refractivity contribution in [3.05, 3.63) is 45.8 Å². The summed E-state index contributed by atoms with van der Waals surface area (Å²) in [7, 11) is 0. The predicted octanol–water partition coefficient (Wildman–Crippen LogP) is 4.65. The molecule has 1 heterocycles. The first-order valence-corrected chi connectivity index (χ1v) is 6.04. The van der Waals surface area contributed by atoms with Crippen LogP contribution < -0.4 is 0 Å². The molecule has 0 radical (unpaired) electrons. The van der Waals surface area contributed by atoms with Crippen LogP contribution in [0.2, 0.25) is 0 Å². The van der Waals surface area contributed by atoms with Gasteiger partial charge in [-0.2, -0.15) is 0 Å². The van der Waals surface area contributed by atoms with Gasteiger partial charge < -0.3 is 0 Å². The molecule has 0 amide bonds. The van der Waals surface area contributed by atoms with Crippen LogP contribution in [0.15, 0.2) is 24.3 Å². The summed E-state index contributed by atoms with van der Waals surface area (Å²) in [4.78, 5) is 2.76. The minimum absolute atomic E-state index is 1.37. The molecule has 0 saturated carbocycles. The van der Waals surface area contributed by atoms with Crippen LogP contribution in [0, 0.1) is 27.7 Å². The maximum absolute atomic E-state index is 2.30. The summed E-state index contributed by atoms with van der Waals surface area (Å²) in [6.45, 7) is 8.70. The Labute approximate surface area is 95.6 Å². The van der Waals surface area contributed by atoms with Crippen molar-refractivity contribution >= 4 is 11.3 Å². The van der Waals surface area contributed by atoms with Gasteiger partial charge in [0.05, 0.1) is 0 Å². The lowest BCUT2D eigenvalue weighted by molar-refractivity contribution is 1.30. The number of benzene rings is 1. The van der Waals surface area contributed by atoms with E-state index in [0.717, 1.165) is 0 Å². The zero-order valence-electron chi connectivity index (χ0n) is 9.72. The maximum Gasteiger partial charge on any atom is 0.0348 e. The molecule has 0 fully saturated rings. The van der Waals surface area contributed by atoms with Gasteiger partial charge >= 0.3 is 0 Å². The second kappa shape index (κ2) is 3.82. The molecule has 78 valence electrons. The van der Waals surface area contributed by atoms with Crippen LogP contribution in [0.3, 0.4) is 0 Å². The van der Waals surface area contributed by atoms with Crippen molar-refractivity contribution < 1.29 is 0 Å². The molecule has 0 bridgehead atoms. The first kappa shape index (κ1) is 10.4. The highest BCUT2D eigenvalue weighted by molar-refractivity contribution is 7.15. The second-order valence-corrected chi connectivity index (χ2v) is 5.45. The van der Waals surface area contributed by atoms with E-state index in [1.807, 2.05) is 11.3 Å². The molecule has 1 heteroatoms. The quantitative estimate of drug-likeness (QED) is 0.651. The largest absolute Gasteiger partial charge is 0.141 e. The monoisotopic (exact) mass is 216 g/mol. The van der Waals surface area contributed by atoms with Crippen LogP contribution in [0.4, 0.5) is 0 Å². The second-order valence-electron chi connectivity index (χ2n) is 4.16. The Balaban J connectivity index is 2.58. The summed E-state index contributed by atoms with van der Waals surface area (Å²) in [6, 6.07) is 8.99. The Bertz CT molecular complexity index is 492.